The van der Waals surface area contributed by atoms with Crippen molar-refractivity contribution < 1.29 is 14.7 Å². The van der Waals surface area contributed by atoms with Crippen molar-refractivity contribution in [3.63, 3.8) is 0 Å². The van der Waals surface area contributed by atoms with Gasteiger partial charge in [0.15, 0.2) is 11.6 Å². The predicted molar refractivity (Wildman–Crippen MR) is 194 cm³/mol. The van der Waals surface area contributed by atoms with Crippen LogP contribution in [0.5, 0.6) is 5.75 Å². The minimum Gasteiger partial charge on any atom is -0.508 e. The molecule has 2 fully saturated rings. The molecule has 0 spiro atoms. The zero-order valence-electron chi connectivity index (χ0n) is 26.0. The molecule has 0 amide bonds. The number of thiophene rings is 2. The Hall–Kier alpha value is -4.85. The maximum absolute atomic E-state index is 11.9. The van der Waals surface area contributed by atoms with Crippen molar-refractivity contribution in [2.45, 2.75) is 51.6 Å². The highest BCUT2D eigenvalue weighted by molar-refractivity contribution is 7.21. The molecule has 4 heterocycles. The number of hydrogen-bond donors (Lipinski definition) is 5. The van der Waals surface area contributed by atoms with Gasteiger partial charge in [-0.25, -0.2) is 19.9 Å². The maximum atomic E-state index is 11.9. The molecular formula is C34H31ClN8O3S2. The Morgan fingerprint density at radius 1 is 0.771 bits per heavy atom. The van der Waals surface area contributed by atoms with E-state index in [1.807, 2.05) is 30.3 Å². The van der Waals surface area contributed by atoms with Gasteiger partial charge in [0.25, 0.3) is 0 Å². The number of anilines is 4. The van der Waals surface area contributed by atoms with E-state index in [-0.39, 0.29) is 17.3 Å². The predicted octanol–water partition coefficient (Wildman–Crippen LogP) is 7.79. The summed E-state index contributed by atoms with van der Waals surface area (Å²) in [5, 5.41) is 18.3. The van der Waals surface area contributed by atoms with Crippen LogP contribution in [0, 0.1) is 0 Å². The SMILES string of the molecule is CC(=O)c1sc2nc(NC3CC3)nc(-c3cccc(O)c3)c2c1N.CC(=O)c1sc2nc(NC3CC3)nc(-c3ccccc3Cl)c2c1N. The number of aromatic hydroxyl groups is 1. The van der Waals surface area contributed by atoms with E-state index < -0.39 is 0 Å². The van der Waals surface area contributed by atoms with Crippen molar-refractivity contribution in [2.24, 2.45) is 0 Å². The van der Waals surface area contributed by atoms with Crippen molar-refractivity contribution in [3.05, 3.63) is 63.3 Å². The van der Waals surface area contributed by atoms with Gasteiger partial charge in [0.05, 0.1) is 43.3 Å². The van der Waals surface area contributed by atoms with Crippen LogP contribution in [0.1, 0.15) is 58.9 Å². The van der Waals surface area contributed by atoms with E-state index in [0.717, 1.165) is 36.8 Å². The van der Waals surface area contributed by atoms with Gasteiger partial charge in [-0.05, 0) is 43.9 Å². The molecule has 0 bridgehead atoms. The van der Waals surface area contributed by atoms with Crippen LogP contribution in [0.3, 0.4) is 0 Å². The molecule has 0 atom stereocenters. The highest BCUT2D eigenvalue weighted by atomic mass is 35.5. The Morgan fingerprint density at radius 2 is 1.29 bits per heavy atom. The zero-order valence-corrected chi connectivity index (χ0v) is 28.4. The quantitative estimate of drug-likeness (QED) is 0.0978. The lowest BCUT2D eigenvalue weighted by Crippen LogP contribution is -2.06. The largest absolute Gasteiger partial charge is 0.508 e. The molecule has 2 aliphatic rings. The van der Waals surface area contributed by atoms with Gasteiger partial charge in [-0.3, -0.25) is 9.59 Å². The minimum atomic E-state index is -0.0888. The number of benzene rings is 2. The smallest absolute Gasteiger partial charge is 0.224 e. The molecule has 48 heavy (non-hydrogen) atoms. The van der Waals surface area contributed by atoms with Gasteiger partial charge in [-0.1, -0.05) is 41.9 Å². The van der Waals surface area contributed by atoms with Crippen LogP contribution < -0.4 is 22.1 Å². The minimum absolute atomic E-state index is 0.0719. The van der Waals surface area contributed by atoms with Gasteiger partial charge in [0, 0.05) is 42.1 Å². The van der Waals surface area contributed by atoms with Crippen molar-refractivity contribution in [1.29, 1.82) is 0 Å². The second-order valence-corrected chi connectivity index (χ2v) is 14.2. The number of phenolic OH excluding ortho intramolecular Hbond substituents is 1. The summed E-state index contributed by atoms with van der Waals surface area (Å²) in [4.78, 5) is 44.4. The number of nitrogens with two attached hydrogens (primary N) is 2. The third kappa shape index (κ3) is 6.36. The zero-order chi connectivity index (χ0) is 33.7. The molecule has 0 unspecified atom stereocenters. The lowest BCUT2D eigenvalue weighted by molar-refractivity contribution is 0.101. The maximum Gasteiger partial charge on any atom is 0.224 e. The first kappa shape index (κ1) is 31.7. The number of hydrogen-bond acceptors (Lipinski definition) is 13. The fourth-order valence-electron chi connectivity index (χ4n) is 5.23. The molecule has 2 saturated carbocycles. The molecule has 0 aliphatic heterocycles. The van der Waals surface area contributed by atoms with Gasteiger partial charge in [-0.15, -0.1) is 22.7 Å². The number of Topliss-reactive ketones (excluding diaryl/α,β-unsaturated/α-hetero) is 2. The second kappa shape index (κ2) is 12.6. The number of fused-ring (bicyclic) bond motifs is 2. The molecule has 0 radical (unpaired) electrons. The third-order valence-corrected chi connectivity index (χ3v) is 10.6. The van der Waals surface area contributed by atoms with Gasteiger partial charge in [-0.2, -0.15) is 0 Å². The van der Waals surface area contributed by atoms with E-state index in [2.05, 4.69) is 30.6 Å². The van der Waals surface area contributed by atoms with E-state index in [0.29, 0.717) is 82.0 Å². The number of carbonyl (C=O) groups excluding carboxylic acids is 2. The number of phenols is 1. The summed E-state index contributed by atoms with van der Waals surface area (Å²) >= 11 is 8.94. The van der Waals surface area contributed by atoms with Crippen molar-refractivity contribution >= 4 is 89.5 Å². The monoisotopic (exact) mass is 698 g/mol. The highest BCUT2D eigenvalue weighted by Gasteiger charge is 2.27. The number of ketones is 2. The fourth-order valence-corrected chi connectivity index (χ4v) is 7.43. The van der Waals surface area contributed by atoms with Gasteiger partial charge in [0.2, 0.25) is 11.9 Å². The Morgan fingerprint density at radius 3 is 1.79 bits per heavy atom. The number of nitrogens with one attached hydrogen (secondary N) is 2. The molecule has 4 aromatic heterocycles. The van der Waals surface area contributed by atoms with Crippen molar-refractivity contribution in [1.82, 2.24) is 19.9 Å². The summed E-state index contributed by atoms with van der Waals surface area (Å²) < 4.78 is 0. The number of halogens is 1. The van der Waals surface area contributed by atoms with E-state index in [1.165, 1.54) is 36.5 Å². The number of aromatic nitrogens is 4. The molecule has 7 N–H and O–H groups in total. The van der Waals surface area contributed by atoms with Crippen LogP contribution in [-0.4, -0.2) is 48.7 Å². The Bertz CT molecular complexity index is 2240. The van der Waals surface area contributed by atoms with Crippen molar-refractivity contribution in [2.75, 3.05) is 22.1 Å². The number of nitrogens with zero attached hydrogens (tertiary/aromatic N) is 4. The molecule has 8 rings (SSSR count). The Kier molecular flexibility index (Phi) is 8.36. The summed E-state index contributed by atoms with van der Waals surface area (Å²) in [5.41, 5.74) is 16.1. The van der Waals surface area contributed by atoms with Crippen LogP contribution in [0.4, 0.5) is 23.3 Å². The number of carbonyl (C=O) groups is 2. The average Bonchev–Trinajstić information content (AvgIpc) is 3.98. The summed E-state index contributed by atoms with van der Waals surface area (Å²) in [6, 6.07) is 15.1. The van der Waals surface area contributed by atoms with E-state index in [4.69, 9.17) is 23.1 Å². The van der Waals surface area contributed by atoms with Crippen LogP contribution in [0.25, 0.3) is 42.9 Å². The van der Waals surface area contributed by atoms with Gasteiger partial charge in [0.1, 0.15) is 15.4 Å². The fraction of sp³-hybridized carbons (Fsp3) is 0.235. The Labute approximate surface area is 288 Å². The Balaban J connectivity index is 0.000000152. The lowest BCUT2D eigenvalue weighted by atomic mass is 10.1. The van der Waals surface area contributed by atoms with E-state index in [9.17, 15) is 14.7 Å². The topological polar surface area (TPSA) is 182 Å². The molecule has 2 aromatic carbocycles. The molecule has 11 nitrogen and oxygen atoms in total. The first-order chi connectivity index (χ1) is 23.1. The average molecular weight is 699 g/mol. The van der Waals surface area contributed by atoms with Crippen LogP contribution >= 0.6 is 34.3 Å². The summed E-state index contributed by atoms with van der Waals surface area (Å²) in [6.45, 7) is 3.00. The molecule has 244 valence electrons. The standard InChI is InChI=1S/C17H15ClN4OS.C17H16N4O2S/c1-8(23)15-13(19)12-14(10-4-2-3-5-11(10)18)21-17(20-9-6-7-9)22-16(12)24-15;1-8(22)15-13(18)12-14(9-3-2-4-11(23)7-9)20-17(19-10-5-6-10)21-16(12)24-15/h2-5,9H,6-7,19H2,1H3,(H,20,21,22);2-4,7,10,23H,5-6,18H2,1H3,(H,19,20,21). The molecule has 6 aromatic rings. The van der Waals surface area contributed by atoms with Crippen LogP contribution in [0.15, 0.2) is 48.5 Å². The molecular weight excluding hydrogens is 668 g/mol. The van der Waals surface area contributed by atoms with Crippen LogP contribution in [-0.2, 0) is 0 Å². The van der Waals surface area contributed by atoms with E-state index in [1.54, 1.807) is 18.2 Å². The highest BCUT2D eigenvalue weighted by Crippen LogP contribution is 2.42. The van der Waals surface area contributed by atoms with Crippen molar-refractivity contribution in [3.8, 4) is 28.3 Å². The summed E-state index contributed by atoms with van der Waals surface area (Å²) in [7, 11) is 0. The van der Waals surface area contributed by atoms with Crippen LogP contribution in [0.2, 0.25) is 5.02 Å². The molecule has 14 heteroatoms. The molecule has 2 aliphatic carbocycles. The first-order valence-electron chi connectivity index (χ1n) is 15.4. The van der Waals surface area contributed by atoms with Gasteiger partial charge < -0.3 is 27.2 Å². The third-order valence-electron chi connectivity index (χ3n) is 7.89. The normalized spacial score (nSPS) is 14.1. The summed E-state index contributed by atoms with van der Waals surface area (Å²) in [5.74, 6) is 1.07. The first-order valence-corrected chi connectivity index (χ1v) is 17.4. The van der Waals surface area contributed by atoms with Gasteiger partial charge >= 0.3 is 0 Å². The number of nitrogen functional groups attached to an aromatic ring is 2. The molecule has 0 saturated heterocycles. The number of rotatable bonds is 8. The van der Waals surface area contributed by atoms with E-state index >= 15 is 0 Å². The second-order valence-electron chi connectivity index (χ2n) is 11.8. The lowest BCUT2D eigenvalue weighted by Gasteiger charge is -2.09. The summed E-state index contributed by atoms with van der Waals surface area (Å²) in [6.07, 6.45) is 4.45.